The van der Waals surface area contributed by atoms with Gasteiger partial charge in [0.25, 0.3) is 5.91 Å². The van der Waals surface area contributed by atoms with Crippen molar-refractivity contribution in [1.29, 1.82) is 0 Å². The topological polar surface area (TPSA) is 58.9 Å². The molecule has 1 aromatic rings. The van der Waals surface area contributed by atoms with Crippen molar-refractivity contribution in [3.8, 4) is 0 Å². The van der Waals surface area contributed by atoms with Crippen LogP contribution in [0.2, 0.25) is 5.02 Å². The lowest BCUT2D eigenvalue weighted by molar-refractivity contribution is 0.1000. The third kappa shape index (κ3) is 1.77. The second-order valence-corrected chi connectivity index (χ2v) is 3.90. The Morgan fingerprint density at radius 2 is 2.21 bits per heavy atom. The fraction of sp³-hybridized carbons (Fsp3) is 0.500. The Balaban J connectivity index is 3.23. The first-order chi connectivity index (χ1) is 6.49. The standard InChI is InChI=1S/C10H15ClN2O/c1-4-5(2)9-8(11)7(10(12)14)6(3)13-9/h5,13H,4H2,1-3H3,(H2,12,14). The minimum atomic E-state index is -0.474. The first kappa shape index (κ1) is 11.1. The number of aromatic amines is 1. The van der Waals surface area contributed by atoms with Gasteiger partial charge in [0.15, 0.2) is 0 Å². The molecule has 0 saturated heterocycles. The van der Waals surface area contributed by atoms with Gasteiger partial charge in [-0.05, 0) is 19.3 Å². The molecule has 78 valence electrons. The summed E-state index contributed by atoms with van der Waals surface area (Å²) in [7, 11) is 0. The summed E-state index contributed by atoms with van der Waals surface area (Å²) >= 11 is 6.07. The number of halogens is 1. The van der Waals surface area contributed by atoms with Crippen LogP contribution < -0.4 is 5.73 Å². The summed E-state index contributed by atoms with van der Waals surface area (Å²) in [6.45, 7) is 5.93. The number of aromatic nitrogens is 1. The Morgan fingerprint density at radius 3 is 2.57 bits per heavy atom. The van der Waals surface area contributed by atoms with Crippen LogP contribution in [0.3, 0.4) is 0 Å². The van der Waals surface area contributed by atoms with Crippen LogP contribution in [0.15, 0.2) is 0 Å². The largest absolute Gasteiger partial charge is 0.365 e. The fourth-order valence-electron chi connectivity index (χ4n) is 1.46. The Labute approximate surface area is 88.6 Å². The van der Waals surface area contributed by atoms with E-state index >= 15 is 0 Å². The molecule has 0 bridgehead atoms. The second kappa shape index (κ2) is 4.05. The summed E-state index contributed by atoms with van der Waals surface area (Å²) < 4.78 is 0. The summed E-state index contributed by atoms with van der Waals surface area (Å²) in [5.74, 6) is -0.160. The van der Waals surface area contributed by atoms with E-state index in [1.165, 1.54) is 0 Å². The van der Waals surface area contributed by atoms with Gasteiger partial charge >= 0.3 is 0 Å². The van der Waals surface area contributed by atoms with E-state index in [0.29, 0.717) is 16.5 Å². The Morgan fingerprint density at radius 1 is 1.64 bits per heavy atom. The Hall–Kier alpha value is -0.960. The van der Waals surface area contributed by atoms with E-state index in [1.807, 2.05) is 0 Å². The van der Waals surface area contributed by atoms with Crippen LogP contribution in [0, 0.1) is 6.92 Å². The lowest BCUT2D eigenvalue weighted by Crippen LogP contribution is -2.11. The van der Waals surface area contributed by atoms with E-state index in [4.69, 9.17) is 17.3 Å². The zero-order chi connectivity index (χ0) is 10.9. The van der Waals surface area contributed by atoms with Crippen molar-refractivity contribution in [3.05, 3.63) is 22.0 Å². The van der Waals surface area contributed by atoms with Gasteiger partial charge in [-0.2, -0.15) is 0 Å². The molecule has 3 nitrogen and oxygen atoms in total. The first-order valence-corrected chi connectivity index (χ1v) is 5.04. The molecule has 14 heavy (non-hydrogen) atoms. The Kier molecular flexibility index (Phi) is 3.21. The highest BCUT2D eigenvalue weighted by atomic mass is 35.5. The molecule has 1 aromatic heterocycles. The molecule has 1 heterocycles. The van der Waals surface area contributed by atoms with Gasteiger partial charge in [-0.3, -0.25) is 4.79 Å². The molecule has 0 spiro atoms. The van der Waals surface area contributed by atoms with Gasteiger partial charge in [-0.25, -0.2) is 0 Å². The predicted octanol–water partition coefficient (Wildman–Crippen LogP) is 2.59. The first-order valence-electron chi connectivity index (χ1n) is 4.66. The summed E-state index contributed by atoms with van der Waals surface area (Å²) in [6, 6.07) is 0. The fourth-order valence-corrected chi connectivity index (χ4v) is 1.92. The maximum Gasteiger partial charge on any atom is 0.252 e. The van der Waals surface area contributed by atoms with Crippen molar-refractivity contribution in [3.63, 3.8) is 0 Å². The summed E-state index contributed by atoms with van der Waals surface area (Å²) in [5.41, 5.74) is 7.30. The lowest BCUT2D eigenvalue weighted by atomic mass is 10.0. The van der Waals surface area contributed by atoms with Crippen LogP contribution in [0.4, 0.5) is 0 Å². The maximum absolute atomic E-state index is 11.1. The third-order valence-corrected chi connectivity index (χ3v) is 2.90. The van der Waals surface area contributed by atoms with E-state index < -0.39 is 5.91 Å². The van der Waals surface area contributed by atoms with Crippen LogP contribution in [-0.2, 0) is 0 Å². The molecule has 0 aromatic carbocycles. The van der Waals surface area contributed by atoms with Gasteiger partial charge in [0.1, 0.15) is 0 Å². The van der Waals surface area contributed by atoms with Crippen molar-refractivity contribution in [2.45, 2.75) is 33.1 Å². The summed E-state index contributed by atoms with van der Waals surface area (Å²) in [6.07, 6.45) is 0.970. The average Bonchev–Trinajstić information content (AvgIpc) is 2.40. The number of nitrogens with one attached hydrogen (secondary N) is 1. The molecule has 0 aliphatic carbocycles. The molecule has 0 radical (unpaired) electrons. The van der Waals surface area contributed by atoms with Crippen molar-refractivity contribution in [1.82, 2.24) is 4.98 Å². The second-order valence-electron chi connectivity index (χ2n) is 3.53. The molecule has 1 unspecified atom stereocenters. The van der Waals surface area contributed by atoms with E-state index in [1.54, 1.807) is 6.92 Å². The van der Waals surface area contributed by atoms with Crippen LogP contribution in [0.25, 0.3) is 0 Å². The number of hydrogen-bond donors (Lipinski definition) is 2. The average molecular weight is 215 g/mol. The van der Waals surface area contributed by atoms with Crippen molar-refractivity contribution in [2.75, 3.05) is 0 Å². The number of primary amides is 1. The number of carbonyl (C=O) groups is 1. The molecule has 1 atom stereocenters. The monoisotopic (exact) mass is 214 g/mol. The summed E-state index contributed by atoms with van der Waals surface area (Å²) in [4.78, 5) is 14.2. The van der Waals surface area contributed by atoms with E-state index in [0.717, 1.165) is 17.8 Å². The normalized spacial score (nSPS) is 12.9. The molecule has 1 amide bonds. The van der Waals surface area contributed by atoms with Gasteiger partial charge in [0, 0.05) is 11.4 Å². The number of rotatable bonds is 3. The zero-order valence-corrected chi connectivity index (χ0v) is 9.40. The number of amides is 1. The molecule has 0 fully saturated rings. The van der Waals surface area contributed by atoms with E-state index in [9.17, 15) is 4.79 Å². The lowest BCUT2D eigenvalue weighted by Gasteiger charge is -2.06. The third-order valence-electron chi connectivity index (χ3n) is 2.50. The van der Waals surface area contributed by atoms with Gasteiger partial charge in [-0.1, -0.05) is 25.4 Å². The van der Waals surface area contributed by atoms with E-state index in [2.05, 4.69) is 18.8 Å². The van der Waals surface area contributed by atoms with Crippen LogP contribution in [0.1, 0.15) is 47.9 Å². The van der Waals surface area contributed by atoms with Crippen LogP contribution in [0.5, 0.6) is 0 Å². The molecule has 3 N–H and O–H groups in total. The molecule has 0 saturated carbocycles. The molecule has 1 rings (SSSR count). The van der Waals surface area contributed by atoms with Gasteiger partial charge < -0.3 is 10.7 Å². The highest BCUT2D eigenvalue weighted by Gasteiger charge is 2.19. The number of H-pyrrole nitrogens is 1. The van der Waals surface area contributed by atoms with Gasteiger partial charge in [-0.15, -0.1) is 0 Å². The SMILES string of the molecule is CCC(C)c1[nH]c(C)c(C(N)=O)c1Cl. The molecular weight excluding hydrogens is 200 g/mol. The van der Waals surface area contributed by atoms with Crippen molar-refractivity contribution >= 4 is 17.5 Å². The highest BCUT2D eigenvalue weighted by Crippen LogP contribution is 2.30. The van der Waals surface area contributed by atoms with Crippen LogP contribution >= 0.6 is 11.6 Å². The quantitative estimate of drug-likeness (QED) is 0.799. The van der Waals surface area contributed by atoms with Gasteiger partial charge in [0.05, 0.1) is 10.6 Å². The van der Waals surface area contributed by atoms with E-state index in [-0.39, 0.29) is 0 Å². The molecule has 4 heteroatoms. The highest BCUT2D eigenvalue weighted by molar-refractivity contribution is 6.34. The molecular formula is C10H15ClN2O. The van der Waals surface area contributed by atoms with Crippen molar-refractivity contribution < 1.29 is 4.79 Å². The number of hydrogen-bond acceptors (Lipinski definition) is 1. The molecule has 0 aliphatic rings. The van der Waals surface area contributed by atoms with Crippen molar-refractivity contribution in [2.24, 2.45) is 5.73 Å². The predicted molar refractivity (Wildman–Crippen MR) is 57.8 cm³/mol. The van der Waals surface area contributed by atoms with Crippen LogP contribution in [-0.4, -0.2) is 10.9 Å². The number of aryl methyl sites for hydroxylation is 1. The minimum Gasteiger partial charge on any atom is -0.365 e. The minimum absolute atomic E-state index is 0.314. The Bertz CT molecular complexity index is 357. The summed E-state index contributed by atoms with van der Waals surface area (Å²) in [5, 5.41) is 0.476. The van der Waals surface area contributed by atoms with Gasteiger partial charge in [0.2, 0.25) is 0 Å². The maximum atomic E-state index is 11.1. The molecule has 0 aliphatic heterocycles. The zero-order valence-electron chi connectivity index (χ0n) is 8.65. The number of carbonyl (C=O) groups excluding carboxylic acids is 1. The number of nitrogens with two attached hydrogens (primary N) is 1. The smallest absolute Gasteiger partial charge is 0.252 e.